The van der Waals surface area contributed by atoms with Crippen molar-refractivity contribution in [3.8, 4) is 0 Å². The molecule has 0 rings (SSSR count). The van der Waals surface area contributed by atoms with E-state index in [1.54, 1.807) is 0 Å². The first kappa shape index (κ1) is 788. The second kappa shape index (κ2) is 381. The van der Waals surface area contributed by atoms with E-state index in [0.717, 1.165) is 0 Å². The van der Waals surface area contributed by atoms with Gasteiger partial charge in [-0.05, 0) is 0 Å². The Morgan fingerprint density at radius 2 is 0.400 bits per heavy atom. The number of rotatable bonds is 0. The van der Waals surface area contributed by atoms with E-state index in [-0.39, 0.29) is 41.7 Å². The van der Waals surface area contributed by atoms with Crippen molar-refractivity contribution in [2.75, 3.05) is 0 Å². The Bertz CT molecular complexity index is 3.61. The van der Waals surface area contributed by atoms with E-state index in [1.165, 1.54) is 0 Å². The molecule has 4 nitrogen and oxygen atoms in total. The molecule has 5 heteroatoms. The van der Waals surface area contributed by atoms with Gasteiger partial charge >= 0.3 is 0 Å². The van der Waals surface area contributed by atoms with Crippen molar-refractivity contribution in [1.82, 2.24) is 24.6 Å². The van der Waals surface area contributed by atoms with Crippen molar-refractivity contribution in [2.45, 2.75) is 0 Å². The summed E-state index contributed by atoms with van der Waals surface area (Å²) in [6, 6.07) is 0. The summed E-state index contributed by atoms with van der Waals surface area (Å²) >= 11 is 0. The van der Waals surface area contributed by atoms with Crippen LogP contribution < -0.4 is 24.6 Å². The minimum absolute atomic E-state index is 0. The molecule has 0 aliphatic heterocycles. The van der Waals surface area contributed by atoms with Crippen LogP contribution in [0, 0.1) is 0 Å². The Morgan fingerprint density at radius 3 is 0.400 bits per heavy atom. The molecule has 0 fully saturated rings. The van der Waals surface area contributed by atoms with Gasteiger partial charge in [0.1, 0.15) is 0 Å². The zero-order valence-corrected chi connectivity index (χ0v) is 3.25. The predicted octanol–water partition coefficient (Wildman–Crippen LogP) is -1.92. The molecule has 12 radical (unpaired) electrons. The molecule has 0 atom stereocenters. The Hall–Kier alpha value is 0.359. The third-order valence-electron chi connectivity index (χ3n) is 0. The van der Waals surface area contributed by atoms with E-state index in [9.17, 15) is 0 Å². The molecule has 5 heavy (non-hydrogen) atoms. The van der Waals surface area contributed by atoms with Crippen LogP contribution in [0.4, 0.5) is 0 Å². The summed E-state index contributed by atoms with van der Waals surface area (Å²) in [5, 5.41) is 0. The summed E-state index contributed by atoms with van der Waals surface area (Å²) in [5.41, 5.74) is 0. The van der Waals surface area contributed by atoms with Gasteiger partial charge in [-0.2, -0.15) is 0 Å². The average Bonchev–Trinajstić information content (AvgIpc) is 0. The van der Waals surface area contributed by atoms with Gasteiger partial charge in [-0.15, -0.1) is 0 Å². The molecule has 0 aromatic carbocycles. The first-order valence-corrected chi connectivity index (χ1v) is 0. The molecule has 0 saturated carbocycles. The van der Waals surface area contributed by atoms with Gasteiger partial charge in [0.25, 0.3) is 0 Å². The molecule has 0 aromatic heterocycles. The second-order valence-electron chi connectivity index (χ2n) is 0. The van der Waals surface area contributed by atoms with E-state index < -0.39 is 0 Å². The molecule has 0 amide bonds. The van der Waals surface area contributed by atoms with Crippen LogP contribution in [0.2, 0.25) is 0 Å². The van der Waals surface area contributed by atoms with Gasteiger partial charge in [0, 0.05) is 41.7 Å². The van der Waals surface area contributed by atoms with Gasteiger partial charge in [0.05, 0.1) is 0 Å². The molecule has 28 valence electrons. The molecular formula is FeN4. The SMILES string of the molecule is [Fe].[N].[N].[N].[N]. The van der Waals surface area contributed by atoms with Crippen LogP contribution >= 0.6 is 0 Å². The Balaban J connectivity index is 0. The van der Waals surface area contributed by atoms with Gasteiger partial charge in [-0.1, -0.05) is 0 Å². The van der Waals surface area contributed by atoms with Gasteiger partial charge < -0.3 is 0 Å². The summed E-state index contributed by atoms with van der Waals surface area (Å²) in [6.07, 6.45) is 0. The van der Waals surface area contributed by atoms with E-state index >= 15 is 0 Å². The quantitative estimate of drug-likeness (QED) is 0.324. The minimum atomic E-state index is 0. The normalized spacial score (nSPS) is 0. The fraction of sp³-hybridized carbons (Fsp3) is 0. The molecule has 0 heterocycles. The molecule has 0 aromatic rings. The zero-order chi connectivity index (χ0) is 0. The van der Waals surface area contributed by atoms with Crippen molar-refractivity contribution >= 4 is 0 Å². The average molecular weight is 112 g/mol. The summed E-state index contributed by atoms with van der Waals surface area (Å²) in [7, 11) is 0. The molecule has 0 aliphatic rings. The minimum Gasteiger partial charge on any atom is 0 e. The molecule has 0 aliphatic carbocycles. The van der Waals surface area contributed by atoms with E-state index in [0.29, 0.717) is 0 Å². The smallest absolute Gasteiger partial charge is 0 e. The van der Waals surface area contributed by atoms with Crippen LogP contribution in [0.25, 0.3) is 0 Å². The molecule has 0 unspecified atom stereocenters. The monoisotopic (exact) mass is 112 g/mol. The third kappa shape index (κ3) is 188. The van der Waals surface area contributed by atoms with Gasteiger partial charge in [0.2, 0.25) is 0 Å². The van der Waals surface area contributed by atoms with Crippen molar-refractivity contribution in [3.63, 3.8) is 0 Å². The predicted molar refractivity (Wildman–Crippen MR) is 8.54 cm³/mol. The van der Waals surface area contributed by atoms with Crippen LogP contribution in [0.5, 0.6) is 0 Å². The van der Waals surface area contributed by atoms with E-state index in [2.05, 4.69) is 0 Å². The van der Waals surface area contributed by atoms with Crippen molar-refractivity contribution in [3.05, 3.63) is 0 Å². The number of hydrogen-bond acceptors (Lipinski definition) is 0. The largest absolute Gasteiger partial charge is 0 e. The maximum atomic E-state index is 0. The maximum absolute atomic E-state index is 0. The fourth-order valence-electron chi connectivity index (χ4n) is 0. The molecule has 0 saturated heterocycles. The van der Waals surface area contributed by atoms with E-state index in [1.807, 2.05) is 0 Å². The summed E-state index contributed by atoms with van der Waals surface area (Å²) in [5.74, 6) is 0. The molecule has 0 spiro atoms. The third-order valence-corrected chi connectivity index (χ3v) is 0. The van der Waals surface area contributed by atoms with Gasteiger partial charge in [-0.3, -0.25) is 0 Å². The molecule has 0 N–H and O–H groups in total. The van der Waals surface area contributed by atoms with Crippen molar-refractivity contribution in [2.24, 2.45) is 0 Å². The first-order valence-electron chi connectivity index (χ1n) is 0. The van der Waals surface area contributed by atoms with Crippen LogP contribution in [0.15, 0.2) is 0 Å². The zero-order valence-electron chi connectivity index (χ0n) is 2.14. The number of nitrogens with zero attached hydrogens (tertiary/aromatic N) is 4. The standard InChI is InChI=1S/Fe.4N. The topological polar surface area (TPSA) is 122 Å². The van der Waals surface area contributed by atoms with Gasteiger partial charge in [0.15, 0.2) is 0 Å². The van der Waals surface area contributed by atoms with Crippen LogP contribution in [0.1, 0.15) is 0 Å². The Labute approximate surface area is 42.5 Å². The van der Waals surface area contributed by atoms with Crippen LogP contribution in [-0.2, 0) is 17.1 Å². The van der Waals surface area contributed by atoms with Crippen molar-refractivity contribution in [1.29, 1.82) is 0 Å². The Kier molecular flexibility index (Phi) is 60000. The maximum Gasteiger partial charge on any atom is 0 e. The van der Waals surface area contributed by atoms with E-state index in [4.69, 9.17) is 0 Å². The summed E-state index contributed by atoms with van der Waals surface area (Å²) < 4.78 is 0. The first-order chi connectivity index (χ1) is 0. The molecular weight excluding hydrogens is 112 g/mol. The van der Waals surface area contributed by atoms with Crippen LogP contribution in [0.3, 0.4) is 0 Å². The summed E-state index contributed by atoms with van der Waals surface area (Å²) in [6.45, 7) is 0. The fourth-order valence-corrected chi connectivity index (χ4v) is 0. The summed E-state index contributed by atoms with van der Waals surface area (Å²) in [4.78, 5) is 0. The van der Waals surface area contributed by atoms with Crippen molar-refractivity contribution < 1.29 is 17.1 Å². The Morgan fingerprint density at radius 1 is 0.400 bits per heavy atom. The van der Waals surface area contributed by atoms with Gasteiger partial charge in [-0.25, -0.2) is 0 Å². The second-order valence-corrected chi connectivity index (χ2v) is 0. The van der Waals surface area contributed by atoms with Crippen LogP contribution in [-0.4, -0.2) is 0 Å². The number of hydrogen-bond donors (Lipinski definition) is 0. The molecule has 0 bridgehead atoms.